The lowest BCUT2D eigenvalue weighted by molar-refractivity contribution is 0.0520. The summed E-state index contributed by atoms with van der Waals surface area (Å²) in [7, 11) is 1.72. The maximum Gasteiger partial charge on any atom is 0.407 e. The maximum absolute atomic E-state index is 11.7. The van der Waals surface area contributed by atoms with E-state index in [1.54, 1.807) is 13.4 Å². The highest BCUT2D eigenvalue weighted by Crippen LogP contribution is 2.15. The zero-order valence-electron chi connectivity index (χ0n) is 19.7. The number of aryl methyl sites for hydroxylation is 1. The zero-order chi connectivity index (χ0) is 23.6. The van der Waals surface area contributed by atoms with E-state index in [9.17, 15) is 4.79 Å². The van der Waals surface area contributed by atoms with Crippen LogP contribution in [0.1, 0.15) is 40.0 Å². The van der Waals surface area contributed by atoms with Crippen molar-refractivity contribution in [1.29, 1.82) is 0 Å². The number of alkyl carbamates (subject to hydrolysis) is 1. The van der Waals surface area contributed by atoms with Crippen LogP contribution < -0.4 is 16.8 Å². The predicted molar refractivity (Wildman–Crippen MR) is 124 cm³/mol. The van der Waals surface area contributed by atoms with Gasteiger partial charge in [-0.15, -0.1) is 0 Å². The van der Waals surface area contributed by atoms with Gasteiger partial charge in [0.1, 0.15) is 17.4 Å². The van der Waals surface area contributed by atoms with Gasteiger partial charge in [-0.05, 0) is 46.6 Å². The summed E-state index contributed by atoms with van der Waals surface area (Å²) in [6.45, 7) is 9.86. The van der Waals surface area contributed by atoms with E-state index in [2.05, 4.69) is 25.2 Å². The molecule has 1 unspecified atom stereocenters. The van der Waals surface area contributed by atoms with Gasteiger partial charge >= 0.3 is 6.09 Å². The van der Waals surface area contributed by atoms with Crippen molar-refractivity contribution in [2.75, 3.05) is 45.6 Å². The number of methoxy groups -OCH3 is 1. The summed E-state index contributed by atoms with van der Waals surface area (Å²) < 4.78 is 12.9. The Bertz CT molecular complexity index is 836. The molecule has 0 aromatic carbocycles. The van der Waals surface area contributed by atoms with E-state index in [1.807, 2.05) is 25.3 Å². The van der Waals surface area contributed by atoms with Crippen LogP contribution in [0.15, 0.2) is 12.7 Å². The number of unbranched alkanes of at least 4 members (excludes halogenated alkanes) is 1. The lowest BCUT2D eigenvalue weighted by Gasteiger charge is -2.26. The van der Waals surface area contributed by atoms with Crippen LogP contribution in [0.3, 0.4) is 0 Å². The van der Waals surface area contributed by atoms with E-state index in [0.29, 0.717) is 31.0 Å². The molecule has 0 fully saturated rings. The minimum absolute atomic E-state index is 0.0399. The number of hydrogen-bond donors (Lipinski definition) is 3. The second-order valence-electron chi connectivity index (χ2n) is 8.74. The molecule has 0 saturated carbocycles. The topological polar surface area (TPSA) is 146 Å². The smallest absolute Gasteiger partial charge is 0.407 e. The second-order valence-corrected chi connectivity index (χ2v) is 8.74. The summed E-state index contributed by atoms with van der Waals surface area (Å²) >= 11 is 0. The molecule has 11 heteroatoms. The lowest BCUT2D eigenvalue weighted by Crippen LogP contribution is -2.38. The molecule has 180 valence electrons. The summed E-state index contributed by atoms with van der Waals surface area (Å²) in [5, 5.41) is 2.79. The molecule has 1 amide bonds. The number of anilines is 1. The number of aromatic nitrogens is 4. The van der Waals surface area contributed by atoms with E-state index in [0.717, 1.165) is 44.5 Å². The highest BCUT2D eigenvalue weighted by Gasteiger charge is 2.17. The van der Waals surface area contributed by atoms with Crippen molar-refractivity contribution in [3.05, 3.63) is 12.7 Å². The van der Waals surface area contributed by atoms with Gasteiger partial charge < -0.3 is 30.8 Å². The van der Waals surface area contributed by atoms with Gasteiger partial charge in [0.15, 0.2) is 11.5 Å². The molecule has 0 aliphatic carbocycles. The molecule has 0 radical (unpaired) electrons. The van der Waals surface area contributed by atoms with Gasteiger partial charge in [0.25, 0.3) is 0 Å². The van der Waals surface area contributed by atoms with E-state index in [4.69, 9.17) is 20.9 Å². The standard InChI is InChI=1S/C21H38N8O3/c1-21(2,3)32-20(30)24-9-5-6-10-28(12-8-22)13-16(31-4)7-11-29-15-27-17-18(23)25-14-26-19(17)29/h14-16H,5-13,22H2,1-4H3,(H,24,30)(H2,23,25,26). The van der Waals surface area contributed by atoms with Crippen molar-refractivity contribution in [2.24, 2.45) is 5.73 Å². The highest BCUT2D eigenvalue weighted by molar-refractivity contribution is 5.81. The number of rotatable bonds is 13. The van der Waals surface area contributed by atoms with Crippen molar-refractivity contribution in [3.8, 4) is 0 Å². The van der Waals surface area contributed by atoms with Gasteiger partial charge in [-0.3, -0.25) is 4.90 Å². The number of nitrogen functional groups attached to an aromatic ring is 1. The number of nitrogens with two attached hydrogens (primary N) is 2. The Kier molecular flexibility index (Phi) is 10.1. The second kappa shape index (κ2) is 12.5. The maximum atomic E-state index is 11.7. The van der Waals surface area contributed by atoms with Gasteiger partial charge in [0.05, 0.1) is 12.4 Å². The molecule has 32 heavy (non-hydrogen) atoms. The third kappa shape index (κ3) is 8.56. The third-order valence-electron chi connectivity index (χ3n) is 4.93. The first-order chi connectivity index (χ1) is 15.2. The van der Waals surface area contributed by atoms with Crippen LogP contribution in [0.2, 0.25) is 0 Å². The SMILES string of the molecule is COC(CCn1cnc2c(N)ncnc21)CN(CCN)CCCCNC(=O)OC(C)(C)C. The van der Waals surface area contributed by atoms with Gasteiger partial charge in [0, 0.05) is 39.8 Å². The molecule has 11 nitrogen and oxygen atoms in total. The molecular weight excluding hydrogens is 412 g/mol. The molecule has 2 aromatic heterocycles. The predicted octanol–water partition coefficient (Wildman–Crippen LogP) is 1.38. The zero-order valence-corrected chi connectivity index (χ0v) is 19.7. The molecule has 2 heterocycles. The number of fused-ring (bicyclic) bond motifs is 1. The number of nitrogens with one attached hydrogen (secondary N) is 1. The van der Waals surface area contributed by atoms with Crippen LogP contribution in [-0.2, 0) is 16.0 Å². The van der Waals surface area contributed by atoms with Crippen LogP contribution >= 0.6 is 0 Å². The van der Waals surface area contributed by atoms with Crippen LogP contribution in [0.5, 0.6) is 0 Å². The fourth-order valence-corrected chi connectivity index (χ4v) is 3.36. The molecule has 0 saturated heterocycles. The molecule has 1 atom stereocenters. The van der Waals surface area contributed by atoms with Gasteiger partial charge in [-0.25, -0.2) is 19.7 Å². The Morgan fingerprint density at radius 3 is 2.72 bits per heavy atom. The normalized spacial score (nSPS) is 12.9. The summed E-state index contributed by atoms with van der Waals surface area (Å²) in [4.78, 5) is 26.6. The van der Waals surface area contributed by atoms with E-state index < -0.39 is 5.60 Å². The molecule has 0 aliphatic rings. The van der Waals surface area contributed by atoms with Crippen molar-refractivity contribution < 1.29 is 14.3 Å². The Balaban J connectivity index is 1.77. The van der Waals surface area contributed by atoms with Crippen molar-refractivity contribution in [2.45, 2.75) is 58.3 Å². The first kappa shape index (κ1) is 25.8. The fourth-order valence-electron chi connectivity index (χ4n) is 3.36. The van der Waals surface area contributed by atoms with Crippen LogP contribution in [0, 0.1) is 0 Å². The molecule has 5 N–H and O–H groups in total. The quantitative estimate of drug-likeness (QED) is 0.385. The first-order valence-electron chi connectivity index (χ1n) is 11.1. The highest BCUT2D eigenvalue weighted by atomic mass is 16.6. The van der Waals surface area contributed by atoms with E-state index in [-0.39, 0.29) is 12.2 Å². The Hall–Kier alpha value is -2.50. The molecule has 0 aliphatic heterocycles. The van der Waals surface area contributed by atoms with Crippen LogP contribution in [-0.4, -0.2) is 82.1 Å². The monoisotopic (exact) mass is 450 g/mol. The Morgan fingerprint density at radius 2 is 2.03 bits per heavy atom. The minimum atomic E-state index is -0.486. The number of carbonyl (C=O) groups is 1. The van der Waals surface area contributed by atoms with E-state index in [1.165, 1.54) is 6.33 Å². The molecule has 2 aromatic rings. The van der Waals surface area contributed by atoms with Gasteiger partial charge in [-0.1, -0.05) is 0 Å². The Morgan fingerprint density at radius 1 is 1.25 bits per heavy atom. The van der Waals surface area contributed by atoms with Crippen LogP contribution in [0.4, 0.5) is 10.6 Å². The average molecular weight is 451 g/mol. The number of nitrogens with zero attached hydrogens (tertiary/aromatic N) is 5. The molecule has 0 bridgehead atoms. The molecule has 0 spiro atoms. The minimum Gasteiger partial charge on any atom is -0.444 e. The average Bonchev–Trinajstić information content (AvgIpc) is 3.14. The van der Waals surface area contributed by atoms with Crippen molar-refractivity contribution in [3.63, 3.8) is 0 Å². The van der Waals surface area contributed by atoms with Gasteiger partial charge in [-0.2, -0.15) is 0 Å². The number of amides is 1. The number of ether oxygens (including phenoxy) is 2. The molecule has 2 rings (SSSR count). The summed E-state index contributed by atoms with van der Waals surface area (Å²) in [5.41, 5.74) is 12.5. The number of carbonyl (C=O) groups excluding carboxylic acids is 1. The van der Waals surface area contributed by atoms with Crippen LogP contribution in [0.25, 0.3) is 11.2 Å². The molecular formula is C21H38N8O3. The number of imidazole rings is 1. The lowest BCUT2D eigenvalue weighted by atomic mass is 10.2. The van der Waals surface area contributed by atoms with E-state index >= 15 is 0 Å². The summed E-state index contributed by atoms with van der Waals surface area (Å²) in [5.74, 6) is 0.382. The number of hydrogen-bond acceptors (Lipinski definition) is 9. The Labute approximate surface area is 189 Å². The first-order valence-corrected chi connectivity index (χ1v) is 11.1. The fraction of sp³-hybridized carbons (Fsp3) is 0.714. The third-order valence-corrected chi connectivity index (χ3v) is 4.93. The summed E-state index contributed by atoms with van der Waals surface area (Å²) in [6, 6.07) is 0. The summed E-state index contributed by atoms with van der Waals surface area (Å²) in [6.07, 6.45) is 5.44. The van der Waals surface area contributed by atoms with Gasteiger partial charge in [0.2, 0.25) is 0 Å². The van der Waals surface area contributed by atoms with Crippen molar-refractivity contribution in [1.82, 2.24) is 29.7 Å². The largest absolute Gasteiger partial charge is 0.444 e. The van der Waals surface area contributed by atoms with Crippen molar-refractivity contribution >= 4 is 23.1 Å².